The van der Waals surface area contributed by atoms with Crippen LogP contribution in [0.3, 0.4) is 0 Å². The van der Waals surface area contributed by atoms with Gasteiger partial charge in [-0.3, -0.25) is 0 Å². The summed E-state index contributed by atoms with van der Waals surface area (Å²) in [6, 6.07) is 0.668. The summed E-state index contributed by atoms with van der Waals surface area (Å²) >= 11 is 0. The predicted octanol–water partition coefficient (Wildman–Crippen LogP) is 2.08. The first kappa shape index (κ1) is 13.9. The standard InChI is InChI=1S/C13H27NO2/c1-3-7-11(10-16-2)14-12-8-5-4-6-9-13(12)15/h11-15H,3-10H2,1-2H3. The Labute approximate surface area is 99.6 Å². The minimum absolute atomic E-state index is 0.168. The summed E-state index contributed by atoms with van der Waals surface area (Å²) in [4.78, 5) is 0. The molecule has 1 aliphatic rings. The summed E-state index contributed by atoms with van der Waals surface area (Å²) in [5.41, 5.74) is 0. The van der Waals surface area contributed by atoms with Crippen LogP contribution in [0.4, 0.5) is 0 Å². The van der Waals surface area contributed by atoms with E-state index in [1.807, 2.05) is 0 Å². The van der Waals surface area contributed by atoms with Gasteiger partial charge in [-0.1, -0.05) is 32.6 Å². The van der Waals surface area contributed by atoms with Gasteiger partial charge in [-0.15, -0.1) is 0 Å². The first-order valence-corrected chi connectivity index (χ1v) is 6.71. The van der Waals surface area contributed by atoms with Crippen molar-refractivity contribution in [2.75, 3.05) is 13.7 Å². The Morgan fingerprint density at radius 3 is 2.75 bits per heavy atom. The number of aliphatic hydroxyl groups excluding tert-OH is 1. The van der Waals surface area contributed by atoms with E-state index in [1.165, 1.54) is 19.3 Å². The predicted molar refractivity (Wildman–Crippen MR) is 66.6 cm³/mol. The van der Waals surface area contributed by atoms with Crippen LogP contribution in [0.2, 0.25) is 0 Å². The van der Waals surface area contributed by atoms with Gasteiger partial charge in [0.2, 0.25) is 0 Å². The number of hydrogen-bond acceptors (Lipinski definition) is 3. The monoisotopic (exact) mass is 229 g/mol. The second kappa shape index (κ2) is 8.04. The lowest BCUT2D eigenvalue weighted by atomic mass is 10.0. The molecule has 0 amide bonds. The molecule has 0 bridgehead atoms. The Kier molecular flexibility index (Phi) is 7.01. The summed E-state index contributed by atoms with van der Waals surface area (Å²) in [6.45, 7) is 2.94. The highest BCUT2D eigenvalue weighted by Gasteiger charge is 2.23. The zero-order chi connectivity index (χ0) is 11.8. The van der Waals surface area contributed by atoms with Crippen molar-refractivity contribution in [3.05, 3.63) is 0 Å². The molecule has 3 heteroatoms. The SMILES string of the molecule is CCCC(COC)NC1CCCCCC1O. The lowest BCUT2D eigenvalue weighted by Crippen LogP contribution is -2.46. The van der Waals surface area contributed by atoms with Gasteiger partial charge >= 0.3 is 0 Å². The lowest BCUT2D eigenvalue weighted by Gasteiger charge is -2.27. The van der Waals surface area contributed by atoms with E-state index in [0.29, 0.717) is 6.04 Å². The van der Waals surface area contributed by atoms with Crippen molar-refractivity contribution in [3.63, 3.8) is 0 Å². The maximum atomic E-state index is 10.0. The largest absolute Gasteiger partial charge is 0.392 e. The van der Waals surface area contributed by atoms with Crippen LogP contribution in [0.25, 0.3) is 0 Å². The Morgan fingerprint density at radius 1 is 1.31 bits per heavy atom. The minimum atomic E-state index is -0.168. The topological polar surface area (TPSA) is 41.5 Å². The second-order valence-electron chi connectivity index (χ2n) is 4.92. The maximum Gasteiger partial charge on any atom is 0.0693 e. The smallest absolute Gasteiger partial charge is 0.0693 e. The molecule has 3 atom stereocenters. The zero-order valence-electron chi connectivity index (χ0n) is 10.7. The summed E-state index contributed by atoms with van der Waals surface area (Å²) in [7, 11) is 1.74. The second-order valence-corrected chi connectivity index (χ2v) is 4.92. The first-order chi connectivity index (χ1) is 7.77. The fraction of sp³-hybridized carbons (Fsp3) is 1.00. The van der Waals surface area contributed by atoms with Gasteiger partial charge in [0.15, 0.2) is 0 Å². The number of methoxy groups -OCH3 is 1. The number of ether oxygens (including phenoxy) is 1. The minimum Gasteiger partial charge on any atom is -0.392 e. The average molecular weight is 229 g/mol. The molecule has 1 saturated carbocycles. The van der Waals surface area contributed by atoms with Crippen molar-refractivity contribution in [2.45, 2.75) is 70.1 Å². The summed E-state index contributed by atoms with van der Waals surface area (Å²) in [6.07, 6.45) is 7.83. The van der Waals surface area contributed by atoms with Crippen molar-refractivity contribution < 1.29 is 9.84 Å². The highest BCUT2D eigenvalue weighted by Crippen LogP contribution is 2.19. The number of rotatable bonds is 6. The fourth-order valence-electron chi connectivity index (χ4n) is 2.55. The molecule has 0 aromatic rings. The molecular weight excluding hydrogens is 202 g/mol. The van der Waals surface area contributed by atoms with Crippen LogP contribution in [0, 0.1) is 0 Å². The Balaban J connectivity index is 2.40. The third kappa shape index (κ3) is 4.81. The van der Waals surface area contributed by atoms with Crippen LogP contribution in [0.1, 0.15) is 51.9 Å². The van der Waals surface area contributed by atoms with E-state index in [2.05, 4.69) is 12.2 Å². The van der Waals surface area contributed by atoms with Crippen LogP contribution in [0.5, 0.6) is 0 Å². The van der Waals surface area contributed by atoms with Crippen molar-refractivity contribution in [1.29, 1.82) is 0 Å². The third-order valence-electron chi connectivity index (χ3n) is 3.43. The quantitative estimate of drug-likeness (QED) is 0.685. The van der Waals surface area contributed by atoms with Crippen molar-refractivity contribution in [3.8, 4) is 0 Å². The molecule has 0 aromatic heterocycles. The molecule has 3 nitrogen and oxygen atoms in total. The number of aliphatic hydroxyl groups is 1. The molecule has 0 spiro atoms. The Morgan fingerprint density at radius 2 is 2.06 bits per heavy atom. The highest BCUT2D eigenvalue weighted by atomic mass is 16.5. The molecule has 1 rings (SSSR count). The Hall–Kier alpha value is -0.120. The van der Waals surface area contributed by atoms with E-state index < -0.39 is 0 Å². The summed E-state index contributed by atoms with van der Waals surface area (Å²) in [5.74, 6) is 0. The Bertz CT molecular complexity index is 169. The van der Waals surface area contributed by atoms with Gasteiger partial charge in [-0.05, 0) is 19.3 Å². The molecule has 0 aliphatic heterocycles. The van der Waals surface area contributed by atoms with E-state index in [4.69, 9.17) is 4.74 Å². The molecule has 0 saturated heterocycles. The van der Waals surface area contributed by atoms with Crippen molar-refractivity contribution in [1.82, 2.24) is 5.32 Å². The van der Waals surface area contributed by atoms with E-state index in [0.717, 1.165) is 32.3 Å². The van der Waals surface area contributed by atoms with Crippen LogP contribution >= 0.6 is 0 Å². The van der Waals surface area contributed by atoms with Gasteiger partial charge in [0.25, 0.3) is 0 Å². The van der Waals surface area contributed by atoms with Gasteiger partial charge < -0.3 is 15.2 Å². The lowest BCUT2D eigenvalue weighted by molar-refractivity contribution is 0.0945. The molecule has 0 radical (unpaired) electrons. The van der Waals surface area contributed by atoms with E-state index in [1.54, 1.807) is 7.11 Å². The molecule has 2 N–H and O–H groups in total. The normalized spacial score (nSPS) is 28.7. The van der Waals surface area contributed by atoms with Gasteiger partial charge in [-0.25, -0.2) is 0 Å². The third-order valence-corrected chi connectivity index (χ3v) is 3.43. The number of nitrogens with one attached hydrogen (secondary N) is 1. The molecule has 16 heavy (non-hydrogen) atoms. The zero-order valence-corrected chi connectivity index (χ0v) is 10.7. The van der Waals surface area contributed by atoms with Crippen LogP contribution in [0.15, 0.2) is 0 Å². The van der Waals surface area contributed by atoms with Crippen LogP contribution in [-0.4, -0.2) is 37.0 Å². The summed E-state index contributed by atoms with van der Waals surface area (Å²) in [5, 5.41) is 13.6. The van der Waals surface area contributed by atoms with E-state index in [9.17, 15) is 5.11 Å². The molecule has 1 fully saturated rings. The van der Waals surface area contributed by atoms with Crippen molar-refractivity contribution >= 4 is 0 Å². The van der Waals surface area contributed by atoms with Crippen LogP contribution < -0.4 is 5.32 Å². The van der Waals surface area contributed by atoms with E-state index in [-0.39, 0.29) is 12.1 Å². The first-order valence-electron chi connectivity index (χ1n) is 6.71. The van der Waals surface area contributed by atoms with Gasteiger partial charge in [-0.2, -0.15) is 0 Å². The van der Waals surface area contributed by atoms with Gasteiger partial charge in [0.05, 0.1) is 12.7 Å². The van der Waals surface area contributed by atoms with Gasteiger partial charge in [0.1, 0.15) is 0 Å². The fourth-order valence-corrected chi connectivity index (χ4v) is 2.55. The van der Waals surface area contributed by atoms with Crippen molar-refractivity contribution in [2.24, 2.45) is 0 Å². The highest BCUT2D eigenvalue weighted by molar-refractivity contribution is 4.82. The van der Waals surface area contributed by atoms with Crippen LogP contribution in [-0.2, 0) is 4.74 Å². The molecule has 96 valence electrons. The summed E-state index contributed by atoms with van der Waals surface area (Å²) < 4.78 is 5.22. The maximum absolute atomic E-state index is 10.0. The molecular formula is C13H27NO2. The molecule has 3 unspecified atom stereocenters. The molecule has 0 aromatic carbocycles. The molecule has 1 aliphatic carbocycles. The number of hydrogen-bond donors (Lipinski definition) is 2. The molecule has 0 heterocycles. The average Bonchev–Trinajstić information content (AvgIpc) is 2.45. The van der Waals surface area contributed by atoms with Gasteiger partial charge in [0, 0.05) is 19.2 Å². The van der Waals surface area contributed by atoms with E-state index >= 15 is 0 Å².